The van der Waals surface area contributed by atoms with Gasteiger partial charge in [-0.05, 0) is 0 Å². The van der Waals surface area contributed by atoms with Crippen molar-refractivity contribution >= 4 is 71.1 Å². The maximum atomic E-state index is 8.62. The molecule has 0 bridgehead atoms. The molecule has 9 heteroatoms. The van der Waals surface area contributed by atoms with E-state index in [1.165, 1.54) is 0 Å². The van der Waals surface area contributed by atoms with E-state index in [1.807, 2.05) is 0 Å². The minimum absolute atomic E-state index is 0. The van der Waals surface area contributed by atoms with Gasteiger partial charge in [-0.3, -0.25) is 0 Å². The van der Waals surface area contributed by atoms with Crippen LogP contribution in [0, 0.1) is 0 Å². The fourth-order valence-electron chi connectivity index (χ4n) is 0. The zero-order valence-electron chi connectivity index (χ0n) is 4.05. The molecular weight excluding hydrogens is 623 g/mol. The zero-order valence-corrected chi connectivity index (χ0v) is 15.2. The quantitative estimate of drug-likeness (QED) is 0.258. The Morgan fingerprint density at radius 1 is 1.22 bits per heavy atom. The van der Waals surface area contributed by atoms with Gasteiger partial charge in [0.1, 0.15) is 0 Å². The summed E-state index contributed by atoms with van der Waals surface area (Å²) in [5.74, 6) is 0. The van der Waals surface area contributed by atoms with Crippen LogP contribution in [0.1, 0.15) is 0 Å². The van der Waals surface area contributed by atoms with Gasteiger partial charge in [-0.25, -0.2) is 0 Å². The molecule has 0 fully saturated rings. The Bertz CT molecular complexity index is 130. The summed E-state index contributed by atoms with van der Waals surface area (Å²) in [5.41, 5.74) is 0. The first-order valence-corrected chi connectivity index (χ1v) is 9.29. The van der Waals surface area contributed by atoms with Gasteiger partial charge < -0.3 is 0 Å². The molecule has 0 rings (SSSR count). The van der Waals surface area contributed by atoms with Gasteiger partial charge in [-0.1, -0.05) is 0 Å². The molecule has 0 aromatic rings. The van der Waals surface area contributed by atoms with Gasteiger partial charge in [0, 0.05) is 0 Å². The molecule has 6 nitrogen and oxygen atoms in total. The predicted octanol–water partition coefficient (Wildman–Crippen LogP) is -3.62. The van der Waals surface area contributed by atoms with E-state index in [2.05, 4.69) is 0 Å². The molecule has 0 aliphatic rings. The molecule has 0 aliphatic carbocycles. The molecule has 0 spiro atoms. The summed E-state index contributed by atoms with van der Waals surface area (Å²) in [6.45, 7) is 0. The molecule has 48 valence electrons. The Morgan fingerprint density at radius 2 is 1.22 bits per heavy atom. The Hall–Kier alpha value is 2.31. The summed E-state index contributed by atoms with van der Waals surface area (Å²) in [6, 6.07) is 0. The number of hydrogen-bond acceptors (Lipinski definition) is 6. The second kappa shape index (κ2) is 12.9. The standard InChI is InChI=1S/Ba.Bi.6O.Ta/q+2;;;;;;2*-1;. The van der Waals surface area contributed by atoms with Crippen LogP contribution in [0.3, 0.4) is 0 Å². The van der Waals surface area contributed by atoms with E-state index in [1.54, 1.807) is 0 Å². The number of rotatable bonds is 0. The predicted molar refractivity (Wildman–Crippen MR) is 14.3 cm³/mol. The van der Waals surface area contributed by atoms with E-state index < -0.39 is 41.0 Å². The first-order chi connectivity index (χ1) is 3.46. The third kappa shape index (κ3) is 133. The van der Waals surface area contributed by atoms with Crippen molar-refractivity contribution in [2.45, 2.75) is 0 Å². The molecule has 0 atom stereocenters. The van der Waals surface area contributed by atoms with E-state index in [0.717, 1.165) is 0 Å². The Balaban J connectivity index is -0.0000000720. The van der Waals surface area contributed by atoms with Crippen LogP contribution >= 0.6 is 0 Å². The first-order valence-electron chi connectivity index (χ1n) is 1.10. The van der Waals surface area contributed by atoms with E-state index in [0.29, 0.717) is 0 Å². The van der Waals surface area contributed by atoms with Crippen LogP contribution in [0.15, 0.2) is 0 Å². The Morgan fingerprint density at radius 3 is 1.22 bits per heavy atom. The van der Waals surface area contributed by atoms with Crippen molar-refractivity contribution in [3.05, 3.63) is 0 Å². The monoisotopic (exact) mass is 624 g/mol. The second-order valence-corrected chi connectivity index (χ2v) is 3.79. The van der Waals surface area contributed by atoms with Crippen LogP contribution in [0.4, 0.5) is 0 Å². The van der Waals surface area contributed by atoms with Crippen molar-refractivity contribution in [3.8, 4) is 0 Å². The van der Waals surface area contributed by atoms with Crippen molar-refractivity contribution in [2.75, 3.05) is 0 Å². The van der Waals surface area contributed by atoms with Crippen molar-refractivity contribution in [3.63, 3.8) is 0 Å². The van der Waals surface area contributed by atoms with Crippen LogP contribution in [-0.2, 0) is 30.9 Å². The number of hydrogen-bond donors (Lipinski definition) is 0. The zero-order chi connectivity index (χ0) is 7.15. The van der Waals surface area contributed by atoms with Crippen LogP contribution in [-0.4, -0.2) is 71.1 Å². The summed E-state index contributed by atoms with van der Waals surface area (Å²) >= 11 is -8.69. The van der Waals surface area contributed by atoms with Gasteiger partial charge in [0.2, 0.25) is 0 Å². The summed E-state index contributed by atoms with van der Waals surface area (Å²) in [5, 5.41) is 0. The summed E-state index contributed by atoms with van der Waals surface area (Å²) in [7, 11) is 0. The summed E-state index contributed by atoms with van der Waals surface area (Å²) in [4.78, 5) is 0. The van der Waals surface area contributed by atoms with E-state index in [9.17, 15) is 0 Å². The molecule has 9 heavy (non-hydrogen) atoms. The van der Waals surface area contributed by atoms with Crippen molar-refractivity contribution in [2.24, 2.45) is 0 Å². The van der Waals surface area contributed by atoms with Gasteiger partial charge in [0.15, 0.2) is 0 Å². The van der Waals surface area contributed by atoms with E-state index >= 15 is 0 Å². The van der Waals surface area contributed by atoms with Crippen molar-refractivity contribution < 1.29 is 37.7 Å². The van der Waals surface area contributed by atoms with Gasteiger partial charge in [0.05, 0.1) is 0 Å². The summed E-state index contributed by atoms with van der Waals surface area (Å²) < 4.78 is 51.7. The van der Waals surface area contributed by atoms with Gasteiger partial charge >= 0.3 is 109 Å². The van der Waals surface area contributed by atoms with Crippen LogP contribution in [0.25, 0.3) is 0 Å². The van der Waals surface area contributed by atoms with Gasteiger partial charge in [0.25, 0.3) is 0 Å². The molecule has 0 aromatic heterocycles. The Labute approximate surface area is 106 Å². The third-order valence-electron chi connectivity index (χ3n) is 0. The van der Waals surface area contributed by atoms with E-state index in [4.69, 9.17) is 18.9 Å². The molecule has 0 amide bonds. The fraction of sp³-hybridized carbons (Fsp3) is 0. The molecule has 0 heterocycles. The van der Waals surface area contributed by atoms with Crippen LogP contribution in [0.5, 0.6) is 0 Å². The maximum absolute atomic E-state index is 8.62. The molecule has 0 radical (unpaired) electrons. The topological polar surface area (TPSA) is 114 Å². The fourth-order valence-corrected chi connectivity index (χ4v) is 0. The Kier molecular flexibility index (Phi) is 25.0. The molecule has 0 unspecified atom stereocenters. The molecule has 0 aromatic carbocycles. The van der Waals surface area contributed by atoms with Crippen LogP contribution in [0.2, 0.25) is 0 Å². The average molecular weight is 623 g/mol. The molecular formula is BaBiO6Ta. The SMILES string of the molecule is [Ba+2].[O]=[Bi](=[O])[O-].[O]=[Ta](=[O])[O-]. The minimum atomic E-state index is -4.34. The third-order valence-corrected chi connectivity index (χ3v) is 0. The molecule has 0 N–H and O–H groups in total. The van der Waals surface area contributed by atoms with Crippen LogP contribution < -0.4 is 6.80 Å². The molecule has 0 saturated carbocycles. The van der Waals surface area contributed by atoms with Gasteiger partial charge in [-0.2, -0.15) is 0 Å². The van der Waals surface area contributed by atoms with Crippen molar-refractivity contribution in [1.29, 1.82) is 0 Å². The first kappa shape index (κ1) is 17.4. The van der Waals surface area contributed by atoms with Crippen molar-refractivity contribution in [1.82, 2.24) is 0 Å². The average Bonchev–Trinajstić information content (AvgIpc) is 1.25. The molecule has 0 saturated heterocycles. The normalized spacial score (nSPS) is 5.56. The summed E-state index contributed by atoms with van der Waals surface area (Å²) in [6.07, 6.45) is 0. The van der Waals surface area contributed by atoms with E-state index in [-0.39, 0.29) is 48.9 Å². The molecule has 0 aliphatic heterocycles. The van der Waals surface area contributed by atoms with Gasteiger partial charge in [-0.15, -0.1) is 0 Å². The second-order valence-electron chi connectivity index (χ2n) is 0.447.